The third-order valence-corrected chi connectivity index (χ3v) is 5.33. The highest BCUT2D eigenvalue weighted by atomic mass is 127. The molecule has 1 aliphatic rings. The molecule has 0 bridgehead atoms. The second-order valence-electron chi connectivity index (χ2n) is 7.31. The van der Waals surface area contributed by atoms with Gasteiger partial charge >= 0.3 is 0 Å². The van der Waals surface area contributed by atoms with Crippen LogP contribution in [0.1, 0.15) is 37.7 Å². The minimum atomic E-state index is -0.237. The molecule has 6 nitrogen and oxygen atoms in total. The monoisotopic (exact) mass is 515 g/mol. The van der Waals surface area contributed by atoms with Crippen LogP contribution in [0.4, 0.5) is 4.39 Å². The predicted molar refractivity (Wildman–Crippen MR) is 126 cm³/mol. The van der Waals surface area contributed by atoms with Crippen molar-refractivity contribution in [1.82, 2.24) is 20.9 Å². The maximum absolute atomic E-state index is 13.3. The first kappa shape index (κ1) is 23.4. The van der Waals surface area contributed by atoms with Gasteiger partial charge in [-0.15, -0.1) is 24.0 Å². The van der Waals surface area contributed by atoms with E-state index in [9.17, 15) is 9.18 Å². The van der Waals surface area contributed by atoms with Crippen LogP contribution >= 0.6 is 24.0 Å². The molecular formula is C21H31FIN5O. The Balaban J connectivity index is 0.00000300. The smallest absolute Gasteiger partial charge is 0.223 e. The minimum absolute atomic E-state index is 0. The zero-order valence-electron chi connectivity index (χ0n) is 16.9. The fourth-order valence-corrected chi connectivity index (χ4v) is 3.78. The van der Waals surface area contributed by atoms with E-state index in [0.29, 0.717) is 25.6 Å². The SMILES string of the molecule is CN=C(NCCNC(=O)C1CCCCC1)NCCc1c[nH]c2cc(F)ccc12.I. The molecule has 1 fully saturated rings. The van der Waals surface area contributed by atoms with Gasteiger partial charge < -0.3 is 20.9 Å². The maximum atomic E-state index is 13.3. The molecule has 1 aliphatic carbocycles. The maximum Gasteiger partial charge on any atom is 0.223 e. The van der Waals surface area contributed by atoms with Crippen LogP contribution in [-0.2, 0) is 11.2 Å². The number of benzene rings is 1. The van der Waals surface area contributed by atoms with Crippen molar-refractivity contribution in [1.29, 1.82) is 0 Å². The Labute approximate surface area is 188 Å². The summed E-state index contributed by atoms with van der Waals surface area (Å²) in [5.41, 5.74) is 1.95. The van der Waals surface area contributed by atoms with Gasteiger partial charge in [-0.3, -0.25) is 9.79 Å². The van der Waals surface area contributed by atoms with E-state index < -0.39 is 0 Å². The van der Waals surface area contributed by atoms with E-state index >= 15 is 0 Å². The summed E-state index contributed by atoms with van der Waals surface area (Å²) in [5.74, 6) is 0.841. The van der Waals surface area contributed by atoms with Gasteiger partial charge in [-0.05, 0) is 43.0 Å². The molecule has 3 rings (SSSR count). The van der Waals surface area contributed by atoms with Crippen LogP contribution in [0.25, 0.3) is 10.9 Å². The average Bonchev–Trinajstić information content (AvgIpc) is 3.12. The molecule has 0 aliphatic heterocycles. The number of carbonyl (C=O) groups is 1. The van der Waals surface area contributed by atoms with E-state index in [1.165, 1.54) is 18.6 Å². The molecule has 8 heteroatoms. The molecule has 0 unspecified atom stereocenters. The molecule has 0 saturated heterocycles. The van der Waals surface area contributed by atoms with Gasteiger partial charge in [-0.1, -0.05) is 19.3 Å². The van der Waals surface area contributed by atoms with Gasteiger partial charge in [0.1, 0.15) is 5.82 Å². The van der Waals surface area contributed by atoms with Crippen LogP contribution in [-0.4, -0.2) is 43.5 Å². The van der Waals surface area contributed by atoms with Gasteiger partial charge in [-0.2, -0.15) is 0 Å². The summed E-state index contributed by atoms with van der Waals surface area (Å²) >= 11 is 0. The average molecular weight is 515 g/mol. The number of aliphatic imine (C=N–C) groups is 1. The fraction of sp³-hybridized carbons (Fsp3) is 0.524. The summed E-state index contributed by atoms with van der Waals surface area (Å²) in [6.45, 7) is 1.92. The zero-order valence-corrected chi connectivity index (χ0v) is 19.2. The number of H-pyrrole nitrogens is 1. The Morgan fingerprint density at radius 2 is 1.86 bits per heavy atom. The first-order chi connectivity index (χ1) is 13.7. The Bertz CT molecular complexity index is 817. The predicted octanol–water partition coefficient (Wildman–Crippen LogP) is 3.33. The van der Waals surface area contributed by atoms with Gasteiger partial charge in [0, 0.05) is 49.7 Å². The molecular weight excluding hydrogens is 484 g/mol. The highest BCUT2D eigenvalue weighted by Gasteiger charge is 2.20. The lowest BCUT2D eigenvalue weighted by molar-refractivity contribution is -0.125. The number of rotatable bonds is 7. The van der Waals surface area contributed by atoms with E-state index in [-0.39, 0.29) is 41.6 Å². The van der Waals surface area contributed by atoms with Crippen molar-refractivity contribution in [2.75, 3.05) is 26.7 Å². The number of nitrogens with zero attached hydrogens (tertiary/aromatic N) is 1. The number of carbonyl (C=O) groups excluding carboxylic acids is 1. The molecule has 1 saturated carbocycles. The number of nitrogens with one attached hydrogen (secondary N) is 4. The van der Waals surface area contributed by atoms with E-state index in [0.717, 1.165) is 48.6 Å². The summed E-state index contributed by atoms with van der Waals surface area (Å²) in [5, 5.41) is 10.5. The van der Waals surface area contributed by atoms with Gasteiger partial charge in [0.2, 0.25) is 5.91 Å². The minimum Gasteiger partial charge on any atom is -0.361 e. The number of amides is 1. The van der Waals surface area contributed by atoms with E-state index in [4.69, 9.17) is 0 Å². The van der Waals surface area contributed by atoms with Crippen LogP contribution in [0.3, 0.4) is 0 Å². The lowest BCUT2D eigenvalue weighted by Crippen LogP contribution is -2.43. The Hall–Kier alpha value is -1.84. The highest BCUT2D eigenvalue weighted by Crippen LogP contribution is 2.23. The van der Waals surface area contributed by atoms with Crippen LogP contribution in [0, 0.1) is 11.7 Å². The Kier molecular flexibility index (Phi) is 9.69. The van der Waals surface area contributed by atoms with Crippen molar-refractivity contribution in [3.8, 4) is 0 Å². The van der Waals surface area contributed by atoms with Crippen LogP contribution < -0.4 is 16.0 Å². The second kappa shape index (κ2) is 12.0. The largest absolute Gasteiger partial charge is 0.361 e. The van der Waals surface area contributed by atoms with Crippen molar-refractivity contribution < 1.29 is 9.18 Å². The molecule has 1 aromatic heterocycles. The quantitative estimate of drug-likeness (QED) is 0.198. The van der Waals surface area contributed by atoms with E-state index in [2.05, 4.69) is 25.9 Å². The number of hydrogen-bond donors (Lipinski definition) is 4. The van der Waals surface area contributed by atoms with Crippen LogP contribution in [0.5, 0.6) is 0 Å². The molecule has 29 heavy (non-hydrogen) atoms. The van der Waals surface area contributed by atoms with E-state index in [1.54, 1.807) is 13.1 Å². The van der Waals surface area contributed by atoms with Gasteiger partial charge in [0.05, 0.1) is 0 Å². The first-order valence-electron chi connectivity index (χ1n) is 10.1. The number of aromatic nitrogens is 1. The molecule has 4 N–H and O–H groups in total. The normalized spacial score (nSPS) is 15.0. The Morgan fingerprint density at radius 1 is 1.14 bits per heavy atom. The molecule has 0 atom stereocenters. The second-order valence-corrected chi connectivity index (χ2v) is 7.31. The van der Waals surface area contributed by atoms with Crippen molar-refractivity contribution in [3.63, 3.8) is 0 Å². The summed E-state index contributed by atoms with van der Waals surface area (Å²) in [4.78, 5) is 19.5. The van der Waals surface area contributed by atoms with Crippen molar-refractivity contribution in [2.24, 2.45) is 10.9 Å². The summed E-state index contributed by atoms with van der Waals surface area (Å²) in [7, 11) is 1.73. The molecule has 1 aromatic carbocycles. The topological polar surface area (TPSA) is 81.3 Å². The zero-order chi connectivity index (χ0) is 19.8. The van der Waals surface area contributed by atoms with Crippen LogP contribution in [0.15, 0.2) is 29.4 Å². The highest BCUT2D eigenvalue weighted by molar-refractivity contribution is 14.0. The molecule has 1 heterocycles. The van der Waals surface area contributed by atoms with Crippen molar-refractivity contribution in [2.45, 2.75) is 38.5 Å². The van der Waals surface area contributed by atoms with Crippen molar-refractivity contribution >= 4 is 46.7 Å². The summed E-state index contributed by atoms with van der Waals surface area (Å²) in [6.07, 6.45) is 8.33. The first-order valence-corrected chi connectivity index (χ1v) is 10.1. The molecule has 0 spiro atoms. The van der Waals surface area contributed by atoms with Gasteiger partial charge in [0.25, 0.3) is 0 Å². The molecule has 160 valence electrons. The lowest BCUT2D eigenvalue weighted by Gasteiger charge is -2.21. The number of halogens is 2. The van der Waals surface area contributed by atoms with Gasteiger partial charge in [0.15, 0.2) is 5.96 Å². The van der Waals surface area contributed by atoms with E-state index in [1.807, 2.05) is 6.20 Å². The number of guanidine groups is 1. The third kappa shape index (κ3) is 6.87. The van der Waals surface area contributed by atoms with Crippen molar-refractivity contribution in [3.05, 3.63) is 35.8 Å². The Morgan fingerprint density at radius 3 is 2.62 bits per heavy atom. The van der Waals surface area contributed by atoms with Crippen LogP contribution in [0.2, 0.25) is 0 Å². The fourth-order valence-electron chi connectivity index (χ4n) is 3.78. The number of fused-ring (bicyclic) bond motifs is 1. The number of hydrogen-bond acceptors (Lipinski definition) is 2. The summed E-state index contributed by atoms with van der Waals surface area (Å²) in [6, 6.07) is 4.79. The molecule has 0 radical (unpaired) electrons. The number of aromatic amines is 1. The summed E-state index contributed by atoms with van der Waals surface area (Å²) < 4.78 is 13.3. The third-order valence-electron chi connectivity index (χ3n) is 5.33. The van der Waals surface area contributed by atoms with Gasteiger partial charge in [-0.25, -0.2) is 4.39 Å². The molecule has 1 amide bonds. The lowest BCUT2D eigenvalue weighted by atomic mass is 9.89. The standard InChI is InChI=1S/C21H30FN5O.HI/c1-23-21(26-12-11-24-20(28)15-5-3-2-4-6-15)25-10-9-16-14-27-19-13-17(22)7-8-18(16)19;/h7-8,13-15,27H,2-6,9-12H2,1H3,(H,24,28)(H2,23,25,26);1H. The molecule has 2 aromatic rings.